The molecule has 1 aromatic carbocycles. The van der Waals surface area contributed by atoms with Crippen molar-refractivity contribution in [2.75, 3.05) is 11.9 Å². The highest BCUT2D eigenvalue weighted by molar-refractivity contribution is 5.94. The van der Waals surface area contributed by atoms with E-state index in [2.05, 4.69) is 5.32 Å². The number of aromatic carboxylic acids is 1. The number of nitrogens with one attached hydrogen (secondary N) is 1. The summed E-state index contributed by atoms with van der Waals surface area (Å²) in [6, 6.07) is 6.14. The van der Waals surface area contributed by atoms with Crippen molar-refractivity contribution in [1.29, 1.82) is 0 Å². The Hall–Kier alpha value is -1.67. The quantitative estimate of drug-likeness (QED) is 0.489. The average Bonchev–Trinajstić information content (AvgIpc) is 2.40. The van der Waals surface area contributed by atoms with Crippen LogP contribution in [-0.2, 0) is 4.74 Å². The summed E-state index contributed by atoms with van der Waals surface area (Å²) in [4.78, 5) is 11.0. The van der Waals surface area contributed by atoms with Crippen molar-refractivity contribution in [2.24, 2.45) is 0 Å². The summed E-state index contributed by atoms with van der Waals surface area (Å²) in [5.41, 5.74) is 0.293. The van der Waals surface area contributed by atoms with Gasteiger partial charge in [0.1, 0.15) is 18.3 Å². The van der Waals surface area contributed by atoms with Gasteiger partial charge < -0.3 is 30.5 Å². The normalized spacial score (nSPS) is 30.9. The number of aliphatic hydroxyl groups is 3. The summed E-state index contributed by atoms with van der Waals surface area (Å²) >= 11 is 0. The molecule has 0 amide bonds. The van der Waals surface area contributed by atoms with Gasteiger partial charge in [0.2, 0.25) is 0 Å². The number of aliphatic hydroxyl groups excluding tert-OH is 3. The highest BCUT2D eigenvalue weighted by Gasteiger charge is 2.37. The molecule has 19 heavy (non-hydrogen) atoms. The van der Waals surface area contributed by atoms with Crippen LogP contribution in [-0.4, -0.2) is 57.5 Å². The van der Waals surface area contributed by atoms with Crippen LogP contribution < -0.4 is 5.32 Å². The van der Waals surface area contributed by atoms with Crippen LogP contribution in [0, 0.1) is 0 Å². The van der Waals surface area contributed by atoms with Gasteiger partial charge in [-0.2, -0.15) is 0 Å². The molecule has 1 aliphatic rings. The topological polar surface area (TPSA) is 119 Å². The third kappa shape index (κ3) is 2.85. The van der Waals surface area contributed by atoms with E-state index in [1.165, 1.54) is 12.1 Å². The molecule has 0 unspecified atom stereocenters. The lowest BCUT2D eigenvalue weighted by Gasteiger charge is -2.36. The third-order valence-corrected chi connectivity index (χ3v) is 2.96. The lowest BCUT2D eigenvalue weighted by molar-refractivity contribution is -0.178. The summed E-state index contributed by atoms with van der Waals surface area (Å²) in [5.74, 6) is -1.12. The number of para-hydroxylation sites is 1. The number of benzene rings is 1. The predicted molar refractivity (Wildman–Crippen MR) is 64.8 cm³/mol. The Bertz CT molecular complexity index is 465. The van der Waals surface area contributed by atoms with Crippen LogP contribution in [0.25, 0.3) is 0 Å². The van der Waals surface area contributed by atoms with E-state index in [-0.39, 0.29) is 17.9 Å². The second-order valence-electron chi connectivity index (χ2n) is 4.30. The molecule has 7 nitrogen and oxygen atoms in total. The third-order valence-electron chi connectivity index (χ3n) is 2.96. The van der Waals surface area contributed by atoms with Gasteiger partial charge >= 0.3 is 5.97 Å². The fourth-order valence-electron chi connectivity index (χ4n) is 1.88. The summed E-state index contributed by atoms with van der Waals surface area (Å²) in [5, 5.41) is 40.3. The van der Waals surface area contributed by atoms with Gasteiger partial charge in [-0.3, -0.25) is 0 Å². The molecule has 1 saturated heterocycles. The number of anilines is 1. The van der Waals surface area contributed by atoms with Crippen molar-refractivity contribution < 1.29 is 30.0 Å². The van der Waals surface area contributed by atoms with E-state index in [9.17, 15) is 20.1 Å². The van der Waals surface area contributed by atoms with Gasteiger partial charge in [-0.25, -0.2) is 4.79 Å². The van der Waals surface area contributed by atoms with E-state index in [0.717, 1.165) is 0 Å². The second-order valence-corrected chi connectivity index (χ2v) is 4.30. The number of carboxylic acid groups (broad SMARTS) is 1. The molecule has 104 valence electrons. The van der Waals surface area contributed by atoms with E-state index in [1.807, 2.05) is 0 Å². The zero-order chi connectivity index (χ0) is 14.0. The Labute approximate surface area is 109 Å². The van der Waals surface area contributed by atoms with Crippen LogP contribution in [0.2, 0.25) is 0 Å². The largest absolute Gasteiger partial charge is 0.478 e. The van der Waals surface area contributed by atoms with Crippen LogP contribution in [0.15, 0.2) is 24.3 Å². The lowest BCUT2D eigenvalue weighted by Crippen LogP contribution is -2.55. The molecule has 1 aromatic rings. The number of rotatable bonds is 3. The van der Waals surface area contributed by atoms with Crippen molar-refractivity contribution in [2.45, 2.75) is 24.5 Å². The van der Waals surface area contributed by atoms with Crippen molar-refractivity contribution in [3.8, 4) is 0 Å². The Balaban J connectivity index is 2.15. The standard InChI is InChI=1S/C12H15NO6/c14-8-5-19-11(10(16)9(8)15)13-7-4-2-1-3-6(7)12(17)18/h1-4,8-11,13-16H,5H2,(H,17,18)/t8-,9+,10-,11+/m0/s1. The molecule has 4 atom stereocenters. The van der Waals surface area contributed by atoms with Crippen LogP contribution in [0.1, 0.15) is 10.4 Å². The first-order valence-electron chi connectivity index (χ1n) is 5.75. The minimum Gasteiger partial charge on any atom is -0.478 e. The highest BCUT2D eigenvalue weighted by atomic mass is 16.5. The second kappa shape index (κ2) is 5.54. The Kier molecular flexibility index (Phi) is 4.01. The fraction of sp³-hybridized carbons (Fsp3) is 0.417. The zero-order valence-corrected chi connectivity index (χ0v) is 9.93. The van der Waals surface area contributed by atoms with Crippen molar-refractivity contribution in [1.82, 2.24) is 0 Å². The van der Waals surface area contributed by atoms with Gasteiger partial charge in [0.25, 0.3) is 0 Å². The first kappa shape index (κ1) is 13.8. The number of carbonyl (C=O) groups is 1. The van der Waals surface area contributed by atoms with Crippen LogP contribution in [0.4, 0.5) is 5.69 Å². The van der Waals surface area contributed by atoms with Gasteiger partial charge in [-0.1, -0.05) is 12.1 Å². The van der Waals surface area contributed by atoms with Crippen molar-refractivity contribution in [3.05, 3.63) is 29.8 Å². The number of hydrogen-bond donors (Lipinski definition) is 5. The zero-order valence-electron chi connectivity index (χ0n) is 9.93. The smallest absolute Gasteiger partial charge is 0.337 e. The number of carboxylic acids is 1. The van der Waals surface area contributed by atoms with Gasteiger partial charge in [0, 0.05) is 0 Å². The molecule has 0 radical (unpaired) electrons. The lowest BCUT2D eigenvalue weighted by atomic mass is 10.0. The molecule has 2 rings (SSSR count). The molecule has 1 aliphatic heterocycles. The maximum atomic E-state index is 11.0. The summed E-state index contributed by atoms with van der Waals surface area (Å²) in [6.07, 6.45) is -4.85. The summed E-state index contributed by atoms with van der Waals surface area (Å²) in [6.45, 7) is -0.148. The van der Waals surface area contributed by atoms with E-state index in [1.54, 1.807) is 12.1 Å². The van der Waals surface area contributed by atoms with E-state index >= 15 is 0 Å². The Morgan fingerprint density at radius 2 is 1.89 bits per heavy atom. The van der Waals surface area contributed by atoms with Crippen LogP contribution in [0.3, 0.4) is 0 Å². The van der Waals surface area contributed by atoms with Gasteiger partial charge in [0.05, 0.1) is 17.9 Å². The summed E-state index contributed by atoms with van der Waals surface area (Å²) in [7, 11) is 0. The first-order valence-corrected chi connectivity index (χ1v) is 5.75. The molecule has 0 saturated carbocycles. The van der Waals surface area contributed by atoms with E-state index in [0.29, 0.717) is 0 Å². The molecule has 5 N–H and O–H groups in total. The highest BCUT2D eigenvalue weighted by Crippen LogP contribution is 2.21. The fourth-order valence-corrected chi connectivity index (χ4v) is 1.88. The predicted octanol–water partition coefficient (Wildman–Crippen LogP) is -0.764. The molecule has 0 bridgehead atoms. The summed E-state index contributed by atoms with van der Waals surface area (Å²) < 4.78 is 5.15. The first-order chi connectivity index (χ1) is 9.00. The average molecular weight is 269 g/mol. The van der Waals surface area contributed by atoms with Gasteiger partial charge in [-0.15, -0.1) is 0 Å². The van der Waals surface area contributed by atoms with E-state index < -0.39 is 30.5 Å². The molecule has 0 spiro atoms. The Morgan fingerprint density at radius 1 is 1.21 bits per heavy atom. The van der Waals surface area contributed by atoms with Crippen LogP contribution in [0.5, 0.6) is 0 Å². The minimum absolute atomic E-state index is 0.0268. The molecule has 1 heterocycles. The maximum Gasteiger partial charge on any atom is 0.337 e. The van der Waals surface area contributed by atoms with Gasteiger partial charge in [0.15, 0.2) is 6.23 Å². The van der Waals surface area contributed by atoms with Crippen molar-refractivity contribution in [3.63, 3.8) is 0 Å². The molecular formula is C12H15NO6. The number of hydrogen-bond acceptors (Lipinski definition) is 6. The maximum absolute atomic E-state index is 11.0. The molecular weight excluding hydrogens is 254 g/mol. The molecule has 1 fully saturated rings. The van der Waals surface area contributed by atoms with Crippen LogP contribution >= 0.6 is 0 Å². The molecule has 0 aliphatic carbocycles. The molecule has 7 heteroatoms. The monoisotopic (exact) mass is 269 g/mol. The Morgan fingerprint density at radius 3 is 2.58 bits per heavy atom. The SMILES string of the molecule is O=C(O)c1ccccc1N[C@@H]1OC[C@H](O)[C@@H](O)[C@@H]1O. The van der Waals surface area contributed by atoms with Gasteiger partial charge in [-0.05, 0) is 12.1 Å². The molecule has 0 aromatic heterocycles. The van der Waals surface area contributed by atoms with E-state index in [4.69, 9.17) is 9.84 Å². The number of ether oxygens (including phenoxy) is 1. The van der Waals surface area contributed by atoms with Crippen molar-refractivity contribution >= 4 is 11.7 Å². The minimum atomic E-state index is -1.36.